The van der Waals surface area contributed by atoms with Crippen LogP contribution >= 0.6 is 0 Å². The van der Waals surface area contributed by atoms with Crippen molar-refractivity contribution in [3.8, 4) is 5.75 Å². The van der Waals surface area contributed by atoms with E-state index in [1.165, 1.54) is 12.1 Å². The van der Waals surface area contributed by atoms with Gasteiger partial charge in [0, 0.05) is 11.3 Å². The lowest BCUT2D eigenvalue weighted by molar-refractivity contribution is 0.0955. The molecule has 1 aliphatic heterocycles. The van der Waals surface area contributed by atoms with Crippen LogP contribution in [0.3, 0.4) is 0 Å². The number of hydrogen-bond donors (Lipinski definition) is 2. The Kier molecular flexibility index (Phi) is 3.92. The molecule has 0 unspecified atom stereocenters. The van der Waals surface area contributed by atoms with Crippen LogP contribution in [0, 0.1) is 11.6 Å². The summed E-state index contributed by atoms with van der Waals surface area (Å²) in [6.07, 6.45) is 0. The van der Waals surface area contributed by atoms with Crippen molar-refractivity contribution in [2.75, 3.05) is 18.5 Å². The summed E-state index contributed by atoms with van der Waals surface area (Å²) in [6.45, 7) is 0.753. The van der Waals surface area contributed by atoms with Crippen molar-refractivity contribution in [2.45, 2.75) is 0 Å². The van der Waals surface area contributed by atoms with Crippen LogP contribution in [-0.4, -0.2) is 25.0 Å². The minimum atomic E-state index is -1.10. The van der Waals surface area contributed by atoms with Crippen LogP contribution in [0.15, 0.2) is 36.4 Å². The summed E-state index contributed by atoms with van der Waals surface area (Å²) in [7, 11) is 0. The lowest BCUT2D eigenvalue weighted by atomic mass is 10.1. The quantitative estimate of drug-likeness (QED) is 0.893. The van der Waals surface area contributed by atoms with Crippen LogP contribution in [0.25, 0.3) is 0 Å². The van der Waals surface area contributed by atoms with Gasteiger partial charge >= 0.3 is 0 Å². The van der Waals surface area contributed by atoms with E-state index in [1.807, 2.05) is 0 Å². The summed E-state index contributed by atoms with van der Waals surface area (Å²) in [5, 5.41) is 5.19. The second-order valence-corrected chi connectivity index (χ2v) is 4.90. The first kappa shape index (κ1) is 15.0. The number of fused-ring (bicyclic) bond motifs is 1. The lowest BCUT2D eigenvalue weighted by Crippen LogP contribution is -2.24. The van der Waals surface area contributed by atoms with Gasteiger partial charge in [-0.3, -0.25) is 9.59 Å². The largest absolute Gasteiger partial charge is 0.491 e. The number of anilines is 1. The van der Waals surface area contributed by atoms with Crippen LogP contribution in [0.5, 0.6) is 5.75 Å². The highest BCUT2D eigenvalue weighted by molar-refractivity contribution is 6.05. The maximum atomic E-state index is 13.2. The van der Waals surface area contributed by atoms with Crippen molar-refractivity contribution in [3.05, 3.63) is 59.2 Å². The number of halogens is 2. The van der Waals surface area contributed by atoms with E-state index in [-0.39, 0.29) is 11.5 Å². The van der Waals surface area contributed by atoms with Crippen LogP contribution < -0.4 is 15.4 Å². The monoisotopic (exact) mass is 318 g/mol. The van der Waals surface area contributed by atoms with Gasteiger partial charge in [0.2, 0.25) is 0 Å². The normalized spacial score (nSPS) is 13.4. The Morgan fingerprint density at radius 1 is 1.13 bits per heavy atom. The van der Waals surface area contributed by atoms with Crippen LogP contribution in [0.1, 0.15) is 20.7 Å². The SMILES string of the molecule is O=C(Nc1ccc2c(c1)C(=O)NCCO2)c1ccc(F)c(F)c1. The minimum absolute atomic E-state index is 0.0282. The molecule has 2 aromatic carbocycles. The molecule has 1 heterocycles. The molecule has 0 saturated heterocycles. The highest BCUT2D eigenvalue weighted by Gasteiger charge is 2.17. The molecule has 3 rings (SSSR count). The summed E-state index contributed by atoms with van der Waals surface area (Å²) in [6, 6.07) is 7.46. The van der Waals surface area contributed by atoms with Gasteiger partial charge in [0.15, 0.2) is 11.6 Å². The maximum absolute atomic E-state index is 13.2. The Labute approximate surface area is 130 Å². The van der Waals surface area contributed by atoms with Gasteiger partial charge < -0.3 is 15.4 Å². The first-order valence-corrected chi connectivity index (χ1v) is 6.86. The number of rotatable bonds is 2. The van der Waals surface area contributed by atoms with Gasteiger partial charge in [0.05, 0.1) is 12.1 Å². The van der Waals surface area contributed by atoms with Crippen LogP contribution in [0.4, 0.5) is 14.5 Å². The van der Waals surface area contributed by atoms with Crippen LogP contribution in [-0.2, 0) is 0 Å². The van der Waals surface area contributed by atoms with E-state index in [1.54, 1.807) is 12.1 Å². The molecule has 1 aliphatic rings. The van der Waals surface area contributed by atoms with E-state index < -0.39 is 17.5 Å². The highest BCUT2D eigenvalue weighted by atomic mass is 19.2. The van der Waals surface area contributed by atoms with Crippen molar-refractivity contribution in [3.63, 3.8) is 0 Å². The molecule has 2 N–H and O–H groups in total. The van der Waals surface area contributed by atoms with Gasteiger partial charge in [-0.15, -0.1) is 0 Å². The van der Waals surface area contributed by atoms with Gasteiger partial charge in [-0.1, -0.05) is 0 Å². The zero-order valence-electron chi connectivity index (χ0n) is 11.9. The van der Waals surface area contributed by atoms with E-state index in [4.69, 9.17) is 4.74 Å². The Morgan fingerprint density at radius 3 is 2.74 bits per heavy atom. The molecule has 0 fully saturated rings. The predicted octanol–water partition coefficient (Wildman–Crippen LogP) is 2.34. The molecule has 0 spiro atoms. The average Bonchev–Trinajstić information content (AvgIpc) is 2.72. The molecule has 23 heavy (non-hydrogen) atoms. The Bertz CT molecular complexity index is 793. The molecule has 0 atom stereocenters. The zero-order valence-corrected chi connectivity index (χ0v) is 11.9. The van der Waals surface area contributed by atoms with E-state index in [0.717, 1.165) is 12.1 Å². The summed E-state index contributed by atoms with van der Waals surface area (Å²) in [5.41, 5.74) is 0.615. The van der Waals surface area contributed by atoms with Gasteiger partial charge in [-0.05, 0) is 36.4 Å². The highest BCUT2D eigenvalue weighted by Crippen LogP contribution is 2.24. The Morgan fingerprint density at radius 2 is 1.96 bits per heavy atom. The minimum Gasteiger partial charge on any atom is -0.491 e. The number of benzene rings is 2. The molecule has 0 radical (unpaired) electrons. The third-order valence-corrected chi connectivity index (χ3v) is 3.31. The lowest BCUT2D eigenvalue weighted by Gasteiger charge is -2.09. The predicted molar refractivity (Wildman–Crippen MR) is 78.6 cm³/mol. The van der Waals surface area contributed by atoms with Gasteiger partial charge in [0.25, 0.3) is 11.8 Å². The first-order chi connectivity index (χ1) is 11.0. The molecule has 2 aromatic rings. The Hall–Kier alpha value is -2.96. The van der Waals surface area contributed by atoms with Crippen molar-refractivity contribution in [1.82, 2.24) is 5.32 Å². The first-order valence-electron chi connectivity index (χ1n) is 6.86. The fourth-order valence-corrected chi connectivity index (χ4v) is 2.17. The summed E-state index contributed by atoms with van der Waals surface area (Å²) < 4.78 is 31.5. The molecule has 0 aromatic heterocycles. The number of amides is 2. The topological polar surface area (TPSA) is 67.4 Å². The second kappa shape index (κ2) is 6.04. The number of carbonyl (C=O) groups excluding carboxylic acids is 2. The fraction of sp³-hybridized carbons (Fsp3) is 0.125. The number of ether oxygens (including phenoxy) is 1. The van der Waals surface area contributed by atoms with Crippen molar-refractivity contribution < 1.29 is 23.1 Å². The van der Waals surface area contributed by atoms with E-state index in [2.05, 4.69) is 10.6 Å². The van der Waals surface area contributed by atoms with E-state index in [0.29, 0.717) is 30.2 Å². The fourth-order valence-electron chi connectivity index (χ4n) is 2.17. The number of nitrogens with one attached hydrogen (secondary N) is 2. The van der Waals surface area contributed by atoms with Gasteiger partial charge in [-0.2, -0.15) is 0 Å². The molecule has 0 saturated carbocycles. The second-order valence-electron chi connectivity index (χ2n) is 4.90. The molecule has 0 aliphatic carbocycles. The third kappa shape index (κ3) is 3.13. The third-order valence-electron chi connectivity index (χ3n) is 3.31. The Balaban J connectivity index is 1.84. The van der Waals surface area contributed by atoms with Crippen molar-refractivity contribution in [2.24, 2.45) is 0 Å². The molecule has 118 valence electrons. The smallest absolute Gasteiger partial charge is 0.255 e. The maximum Gasteiger partial charge on any atom is 0.255 e. The number of hydrogen-bond acceptors (Lipinski definition) is 3. The van der Waals surface area contributed by atoms with E-state index >= 15 is 0 Å². The standard InChI is InChI=1S/C16H12F2N2O3/c17-12-3-1-9(7-13(12)18)15(21)20-10-2-4-14-11(8-10)16(22)19-5-6-23-14/h1-4,7-8H,5-6H2,(H,19,22)(H,20,21). The molecule has 0 bridgehead atoms. The molecule has 5 nitrogen and oxygen atoms in total. The summed E-state index contributed by atoms with van der Waals surface area (Å²) >= 11 is 0. The van der Waals surface area contributed by atoms with E-state index in [9.17, 15) is 18.4 Å². The summed E-state index contributed by atoms with van der Waals surface area (Å²) in [5.74, 6) is -2.63. The van der Waals surface area contributed by atoms with Gasteiger partial charge in [0.1, 0.15) is 12.4 Å². The molecule has 7 heteroatoms. The molecular formula is C16H12F2N2O3. The molecule has 2 amide bonds. The average molecular weight is 318 g/mol. The van der Waals surface area contributed by atoms with Crippen molar-refractivity contribution >= 4 is 17.5 Å². The van der Waals surface area contributed by atoms with Crippen LogP contribution in [0.2, 0.25) is 0 Å². The molecular weight excluding hydrogens is 306 g/mol. The number of carbonyl (C=O) groups is 2. The van der Waals surface area contributed by atoms with Gasteiger partial charge in [-0.25, -0.2) is 8.78 Å². The van der Waals surface area contributed by atoms with Crippen molar-refractivity contribution in [1.29, 1.82) is 0 Å². The summed E-state index contributed by atoms with van der Waals surface area (Å²) in [4.78, 5) is 24.0. The zero-order chi connectivity index (χ0) is 16.4.